The number of nitrogens with one attached hydrogen (secondary N) is 1. The van der Waals surface area contributed by atoms with Crippen LogP contribution in [0.1, 0.15) is 29.4 Å². The number of rotatable bonds is 5. The lowest BCUT2D eigenvalue weighted by Gasteiger charge is -2.07. The summed E-state index contributed by atoms with van der Waals surface area (Å²) in [7, 11) is 0. The summed E-state index contributed by atoms with van der Waals surface area (Å²) in [5.41, 5.74) is 3.17. The molecule has 0 unspecified atom stereocenters. The molecule has 0 bridgehead atoms. The second kappa shape index (κ2) is 7.72. The highest BCUT2D eigenvalue weighted by atomic mass is 35.5. The Morgan fingerprint density at radius 1 is 1.17 bits per heavy atom. The number of amides is 1. The predicted molar refractivity (Wildman–Crippen MR) is 113 cm³/mol. The van der Waals surface area contributed by atoms with E-state index in [9.17, 15) is 9.18 Å². The molecule has 0 radical (unpaired) electrons. The number of benzene rings is 2. The van der Waals surface area contributed by atoms with Crippen LogP contribution in [-0.4, -0.2) is 20.3 Å². The van der Waals surface area contributed by atoms with Crippen LogP contribution >= 0.6 is 11.6 Å². The maximum absolute atomic E-state index is 13.2. The Labute approximate surface area is 172 Å². The van der Waals surface area contributed by atoms with Crippen molar-refractivity contribution in [3.8, 4) is 5.69 Å². The highest BCUT2D eigenvalue weighted by molar-refractivity contribution is 6.34. The maximum Gasteiger partial charge on any atom is 0.260 e. The van der Waals surface area contributed by atoms with Gasteiger partial charge < -0.3 is 9.88 Å². The van der Waals surface area contributed by atoms with E-state index >= 15 is 0 Å². The van der Waals surface area contributed by atoms with Crippen molar-refractivity contribution in [1.29, 1.82) is 0 Å². The number of halogens is 2. The molecule has 29 heavy (non-hydrogen) atoms. The largest absolute Gasteiger partial charge is 0.347 e. The minimum Gasteiger partial charge on any atom is -0.347 e. The average Bonchev–Trinajstić information content (AvgIpc) is 3.23. The van der Waals surface area contributed by atoms with Crippen molar-refractivity contribution in [2.75, 3.05) is 5.32 Å². The molecule has 5 nitrogen and oxygen atoms in total. The third-order valence-corrected chi connectivity index (χ3v) is 5.14. The van der Waals surface area contributed by atoms with Gasteiger partial charge in [0.2, 0.25) is 0 Å². The Bertz CT molecular complexity index is 1190. The topological polar surface area (TPSA) is 51.9 Å². The molecule has 1 amide bonds. The highest BCUT2D eigenvalue weighted by Gasteiger charge is 2.21. The van der Waals surface area contributed by atoms with Crippen LogP contribution in [0, 0.1) is 12.7 Å². The number of nitrogens with zero attached hydrogens (tertiary/aromatic N) is 3. The van der Waals surface area contributed by atoms with Gasteiger partial charge in [-0.25, -0.2) is 9.07 Å². The van der Waals surface area contributed by atoms with Crippen LogP contribution in [0.25, 0.3) is 16.6 Å². The van der Waals surface area contributed by atoms with E-state index in [0.717, 1.165) is 23.9 Å². The van der Waals surface area contributed by atoms with Gasteiger partial charge in [-0.3, -0.25) is 4.79 Å². The fourth-order valence-corrected chi connectivity index (χ4v) is 3.78. The van der Waals surface area contributed by atoms with Crippen molar-refractivity contribution in [1.82, 2.24) is 14.3 Å². The van der Waals surface area contributed by atoms with Gasteiger partial charge in [-0.1, -0.05) is 18.5 Å². The van der Waals surface area contributed by atoms with Gasteiger partial charge in [-0.15, -0.1) is 0 Å². The van der Waals surface area contributed by atoms with E-state index in [1.807, 2.05) is 30.5 Å². The first-order valence-corrected chi connectivity index (χ1v) is 9.77. The molecule has 4 rings (SSSR count). The number of hydrogen-bond donors (Lipinski definition) is 1. The standard InChI is InChI=1S/C22H20ClFN4O/c1-3-11-27-12-10-15-13-17(6-9-19(15)27)25-22(29)20-14(2)26-28(21(20)23)18-7-4-16(24)5-8-18/h4-10,12-13H,3,11H2,1-2H3,(H,25,29). The summed E-state index contributed by atoms with van der Waals surface area (Å²) < 4.78 is 16.8. The first kappa shape index (κ1) is 19.2. The van der Waals surface area contributed by atoms with Crippen LogP contribution in [0.5, 0.6) is 0 Å². The first-order chi connectivity index (χ1) is 14.0. The van der Waals surface area contributed by atoms with Crippen LogP contribution in [0.2, 0.25) is 5.15 Å². The van der Waals surface area contributed by atoms with Gasteiger partial charge in [0.25, 0.3) is 5.91 Å². The molecule has 0 spiro atoms. The SMILES string of the molecule is CCCn1ccc2cc(NC(=O)c3c(C)nn(-c4ccc(F)cc4)c3Cl)ccc21. The lowest BCUT2D eigenvalue weighted by atomic mass is 10.2. The molecule has 2 aromatic heterocycles. The summed E-state index contributed by atoms with van der Waals surface area (Å²) in [5, 5.41) is 8.48. The number of aryl methyl sites for hydroxylation is 2. The van der Waals surface area contributed by atoms with Gasteiger partial charge in [0.05, 0.1) is 11.4 Å². The Balaban J connectivity index is 1.62. The van der Waals surface area contributed by atoms with Crippen molar-refractivity contribution in [2.45, 2.75) is 26.8 Å². The molecule has 0 saturated carbocycles. The molecule has 2 aromatic carbocycles. The van der Waals surface area contributed by atoms with Crippen molar-refractivity contribution in [3.05, 3.63) is 77.0 Å². The van der Waals surface area contributed by atoms with E-state index in [4.69, 9.17) is 11.6 Å². The number of fused-ring (bicyclic) bond motifs is 1. The highest BCUT2D eigenvalue weighted by Crippen LogP contribution is 2.26. The molecule has 1 N–H and O–H groups in total. The normalized spacial score (nSPS) is 11.2. The Hall–Kier alpha value is -3.12. The summed E-state index contributed by atoms with van der Waals surface area (Å²) in [4.78, 5) is 12.9. The molecule has 0 atom stereocenters. The molecule has 4 aromatic rings. The minimum atomic E-state index is -0.352. The Morgan fingerprint density at radius 3 is 2.66 bits per heavy atom. The van der Waals surface area contributed by atoms with Gasteiger partial charge >= 0.3 is 0 Å². The van der Waals surface area contributed by atoms with E-state index in [2.05, 4.69) is 21.9 Å². The van der Waals surface area contributed by atoms with Crippen LogP contribution in [0.3, 0.4) is 0 Å². The van der Waals surface area contributed by atoms with Crippen molar-refractivity contribution in [2.24, 2.45) is 0 Å². The summed E-state index contributed by atoms with van der Waals surface area (Å²) in [6.07, 6.45) is 3.10. The zero-order valence-corrected chi connectivity index (χ0v) is 16.9. The molecule has 0 aliphatic heterocycles. The van der Waals surface area contributed by atoms with E-state index < -0.39 is 0 Å². The van der Waals surface area contributed by atoms with E-state index in [-0.39, 0.29) is 16.9 Å². The fraction of sp³-hybridized carbons (Fsp3) is 0.182. The van der Waals surface area contributed by atoms with Gasteiger partial charge in [0.15, 0.2) is 0 Å². The van der Waals surface area contributed by atoms with Crippen LogP contribution in [-0.2, 0) is 6.54 Å². The summed E-state index contributed by atoms with van der Waals surface area (Å²) >= 11 is 6.44. The zero-order chi connectivity index (χ0) is 20.5. The molecular weight excluding hydrogens is 391 g/mol. The van der Waals surface area contributed by atoms with Gasteiger partial charge in [0, 0.05) is 29.3 Å². The van der Waals surface area contributed by atoms with E-state index in [1.54, 1.807) is 19.1 Å². The van der Waals surface area contributed by atoms with E-state index in [1.165, 1.54) is 16.8 Å². The molecule has 0 saturated heterocycles. The first-order valence-electron chi connectivity index (χ1n) is 9.39. The van der Waals surface area contributed by atoms with Crippen molar-refractivity contribution < 1.29 is 9.18 Å². The second-order valence-corrected chi connectivity index (χ2v) is 7.23. The lowest BCUT2D eigenvalue weighted by molar-refractivity contribution is 0.102. The Kier molecular flexibility index (Phi) is 5.11. The van der Waals surface area contributed by atoms with Crippen LogP contribution in [0.15, 0.2) is 54.7 Å². The zero-order valence-electron chi connectivity index (χ0n) is 16.1. The van der Waals surface area contributed by atoms with Crippen molar-refractivity contribution >= 4 is 34.1 Å². The van der Waals surface area contributed by atoms with Crippen LogP contribution in [0.4, 0.5) is 10.1 Å². The number of anilines is 1. The predicted octanol–water partition coefficient (Wildman–Crippen LogP) is 5.59. The van der Waals surface area contributed by atoms with Crippen LogP contribution < -0.4 is 5.32 Å². The average molecular weight is 411 g/mol. The monoisotopic (exact) mass is 410 g/mol. The van der Waals surface area contributed by atoms with Crippen molar-refractivity contribution in [3.63, 3.8) is 0 Å². The number of carbonyl (C=O) groups is 1. The minimum absolute atomic E-state index is 0.182. The summed E-state index contributed by atoms with van der Waals surface area (Å²) in [5.74, 6) is -0.692. The van der Waals surface area contributed by atoms with E-state index in [0.29, 0.717) is 22.6 Å². The Morgan fingerprint density at radius 2 is 1.93 bits per heavy atom. The number of aromatic nitrogens is 3. The number of hydrogen-bond acceptors (Lipinski definition) is 2. The second-order valence-electron chi connectivity index (χ2n) is 6.88. The molecule has 0 fully saturated rings. The molecule has 2 heterocycles. The molecule has 0 aliphatic carbocycles. The molecule has 148 valence electrons. The molecule has 7 heteroatoms. The summed E-state index contributed by atoms with van der Waals surface area (Å²) in [6.45, 7) is 4.81. The molecule has 0 aliphatic rings. The third kappa shape index (κ3) is 3.63. The maximum atomic E-state index is 13.2. The lowest BCUT2D eigenvalue weighted by Crippen LogP contribution is -2.13. The van der Waals surface area contributed by atoms with Gasteiger partial charge in [0.1, 0.15) is 16.5 Å². The van der Waals surface area contributed by atoms with Gasteiger partial charge in [-0.05, 0) is 61.9 Å². The quantitative estimate of drug-likeness (QED) is 0.466. The summed E-state index contributed by atoms with van der Waals surface area (Å²) in [6, 6.07) is 13.6. The smallest absolute Gasteiger partial charge is 0.260 e. The molecular formula is C22H20ClFN4O. The van der Waals surface area contributed by atoms with Gasteiger partial charge in [-0.2, -0.15) is 5.10 Å². The fourth-order valence-electron chi connectivity index (χ4n) is 3.42. The number of carbonyl (C=O) groups excluding carboxylic acids is 1. The third-order valence-electron chi connectivity index (χ3n) is 4.80.